The molecule has 1 aromatic rings. The lowest BCUT2D eigenvalue weighted by Crippen LogP contribution is -2.27. The van der Waals surface area contributed by atoms with E-state index in [9.17, 15) is 4.79 Å². The third-order valence-corrected chi connectivity index (χ3v) is 2.73. The van der Waals surface area contributed by atoms with Crippen LogP contribution in [0.15, 0.2) is 24.3 Å². The van der Waals surface area contributed by atoms with Crippen molar-refractivity contribution >= 4 is 11.8 Å². The number of benzene rings is 1. The minimum atomic E-state index is -0.481. The second-order valence-electron chi connectivity index (χ2n) is 5.82. The normalized spacial score (nSPS) is 17.9. The number of carbonyl (C=O) groups is 1. The Kier molecular flexibility index (Phi) is 4.10. The van der Waals surface area contributed by atoms with Gasteiger partial charge in [0.1, 0.15) is 5.60 Å². The molecule has 4 nitrogen and oxygen atoms in total. The van der Waals surface area contributed by atoms with Gasteiger partial charge in [-0.2, -0.15) is 0 Å². The topological polar surface area (TPSA) is 50.9 Å². The number of epoxide rings is 1. The molecule has 19 heavy (non-hydrogen) atoms. The molecular weight excluding hydrogens is 242 g/mol. The second kappa shape index (κ2) is 5.61. The van der Waals surface area contributed by atoms with E-state index in [0.29, 0.717) is 6.10 Å². The van der Waals surface area contributed by atoms with Crippen LogP contribution in [0, 0.1) is 0 Å². The fourth-order valence-corrected chi connectivity index (χ4v) is 1.79. The van der Waals surface area contributed by atoms with Crippen molar-refractivity contribution < 1.29 is 14.3 Å². The van der Waals surface area contributed by atoms with Crippen LogP contribution in [0.25, 0.3) is 0 Å². The minimum absolute atomic E-state index is 0.421. The van der Waals surface area contributed by atoms with Crippen molar-refractivity contribution in [1.29, 1.82) is 0 Å². The van der Waals surface area contributed by atoms with Gasteiger partial charge in [0.2, 0.25) is 0 Å². The van der Waals surface area contributed by atoms with E-state index in [1.807, 2.05) is 39.0 Å². The lowest BCUT2D eigenvalue weighted by molar-refractivity contribution is 0.0636. The highest BCUT2D eigenvalue weighted by molar-refractivity contribution is 5.84. The van der Waals surface area contributed by atoms with Gasteiger partial charge in [0.15, 0.2) is 0 Å². The Morgan fingerprint density at radius 2 is 2.21 bits per heavy atom. The molecule has 1 unspecified atom stereocenters. The van der Waals surface area contributed by atoms with Gasteiger partial charge in [-0.15, -0.1) is 0 Å². The molecule has 1 aliphatic heterocycles. The summed E-state index contributed by atoms with van der Waals surface area (Å²) in [7, 11) is 0. The van der Waals surface area contributed by atoms with Gasteiger partial charge in [-0.1, -0.05) is 12.1 Å². The van der Waals surface area contributed by atoms with Crippen LogP contribution >= 0.6 is 0 Å². The molecule has 4 heteroatoms. The number of aryl methyl sites for hydroxylation is 1. The second-order valence-corrected chi connectivity index (χ2v) is 5.82. The Morgan fingerprint density at radius 1 is 1.47 bits per heavy atom. The summed E-state index contributed by atoms with van der Waals surface area (Å²) < 4.78 is 10.4. The zero-order chi connectivity index (χ0) is 13.9. The predicted octanol–water partition coefficient (Wildman–Crippen LogP) is 3.37. The maximum absolute atomic E-state index is 11.7. The number of anilines is 1. The molecule has 1 atom stereocenters. The van der Waals surface area contributed by atoms with Gasteiger partial charge in [-0.25, -0.2) is 4.79 Å². The van der Waals surface area contributed by atoms with E-state index >= 15 is 0 Å². The quantitative estimate of drug-likeness (QED) is 0.847. The number of amides is 1. The van der Waals surface area contributed by atoms with Crippen molar-refractivity contribution in [1.82, 2.24) is 0 Å². The summed E-state index contributed by atoms with van der Waals surface area (Å²) in [5.41, 5.74) is 1.48. The number of ether oxygens (including phenoxy) is 2. The van der Waals surface area contributed by atoms with E-state index in [-0.39, 0.29) is 0 Å². The first-order valence-electron chi connectivity index (χ1n) is 6.63. The van der Waals surface area contributed by atoms with Gasteiger partial charge in [-0.3, -0.25) is 5.32 Å². The lowest BCUT2D eigenvalue weighted by atomic mass is 10.1. The maximum atomic E-state index is 11.7. The molecule has 1 aliphatic rings. The van der Waals surface area contributed by atoms with Crippen LogP contribution in [-0.2, 0) is 15.9 Å². The van der Waals surface area contributed by atoms with Crippen molar-refractivity contribution in [2.24, 2.45) is 0 Å². The molecule has 1 aromatic carbocycles. The molecule has 0 bridgehead atoms. The fourth-order valence-electron chi connectivity index (χ4n) is 1.79. The van der Waals surface area contributed by atoms with Crippen molar-refractivity contribution in [3.63, 3.8) is 0 Å². The molecule has 0 spiro atoms. The molecule has 1 heterocycles. The lowest BCUT2D eigenvalue weighted by Gasteiger charge is -2.19. The summed E-state index contributed by atoms with van der Waals surface area (Å²) in [6, 6.07) is 7.84. The van der Waals surface area contributed by atoms with Gasteiger partial charge in [0, 0.05) is 5.69 Å². The van der Waals surface area contributed by atoms with Crippen LogP contribution in [0.4, 0.5) is 10.5 Å². The first-order valence-corrected chi connectivity index (χ1v) is 6.63. The molecule has 2 rings (SSSR count). The molecule has 1 amide bonds. The van der Waals surface area contributed by atoms with E-state index in [4.69, 9.17) is 9.47 Å². The zero-order valence-electron chi connectivity index (χ0n) is 11.7. The molecule has 0 aliphatic carbocycles. The highest BCUT2D eigenvalue weighted by Crippen LogP contribution is 2.19. The Labute approximate surface area is 114 Å². The zero-order valence-corrected chi connectivity index (χ0v) is 11.7. The van der Waals surface area contributed by atoms with E-state index in [0.717, 1.165) is 25.1 Å². The maximum Gasteiger partial charge on any atom is 0.412 e. The van der Waals surface area contributed by atoms with Crippen molar-refractivity contribution in [3.8, 4) is 0 Å². The third-order valence-electron chi connectivity index (χ3n) is 2.73. The molecular formula is C15H21NO3. The van der Waals surface area contributed by atoms with Crippen molar-refractivity contribution in [3.05, 3.63) is 29.8 Å². The summed E-state index contributed by atoms with van der Waals surface area (Å²) in [5.74, 6) is 0. The van der Waals surface area contributed by atoms with E-state index in [1.54, 1.807) is 0 Å². The van der Waals surface area contributed by atoms with Gasteiger partial charge >= 0.3 is 6.09 Å². The fraction of sp³-hybridized carbons (Fsp3) is 0.533. The van der Waals surface area contributed by atoms with Gasteiger partial charge in [0.05, 0.1) is 12.7 Å². The Balaban J connectivity index is 1.88. The van der Waals surface area contributed by atoms with E-state index < -0.39 is 11.7 Å². The minimum Gasteiger partial charge on any atom is -0.444 e. The Morgan fingerprint density at radius 3 is 2.84 bits per heavy atom. The number of carbonyl (C=O) groups excluding carboxylic acids is 1. The molecule has 1 saturated heterocycles. The van der Waals surface area contributed by atoms with E-state index in [1.165, 1.54) is 5.56 Å². The number of nitrogens with one attached hydrogen (secondary N) is 1. The van der Waals surface area contributed by atoms with Gasteiger partial charge < -0.3 is 9.47 Å². The summed E-state index contributed by atoms with van der Waals surface area (Å²) in [4.78, 5) is 11.7. The number of rotatable bonds is 4. The third kappa shape index (κ3) is 5.30. The average Bonchev–Trinajstić information content (AvgIpc) is 3.07. The first kappa shape index (κ1) is 13.9. The summed E-state index contributed by atoms with van der Waals surface area (Å²) in [6.45, 7) is 6.42. The van der Waals surface area contributed by atoms with Crippen LogP contribution in [-0.4, -0.2) is 24.4 Å². The van der Waals surface area contributed by atoms with Gasteiger partial charge in [0.25, 0.3) is 0 Å². The molecule has 1 N–H and O–H groups in total. The standard InChI is InChI=1S/C15H21NO3/c1-15(2,3)19-14(17)16-12-6-4-5-11(9-12)7-8-13-10-18-13/h4-6,9,13H,7-8,10H2,1-3H3,(H,16,17). The largest absolute Gasteiger partial charge is 0.444 e. The predicted molar refractivity (Wildman–Crippen MR) is 74.4 cm³/mol. The summed E-state index contributed by atoms with van der Waals surface area (Å²) in [5, 5.41) is 2.75. The molecule has 0 saturated carbocycles. The average molecular weight is 263 g/mol. The van der Waals surface area contributed by atoms with Gasteiger partial charge in [-0.05, 0) is 51.3 Å². The SMILES string of the molecule is CC(C)(C)OC(=O)Nc1cccc(CCC2CO2)c1. The van der Waals surface area contributed by atoms with Crippen LogP contribution in [0.1, 0.15) is 32.8 Å². The smallest absolute Gasteiger partial charge is 0.412 e. The van der Waals surface area contributed by atoms with Crippen LogP contribution in [0.2, 0.25) is 0 Å². The number of hydrogen-bond acceptors (Lipinski definition) is 3. The highest BCUT2D eigenvalue weighted by atomic mass is 16.6. The molecule has 0 radical (unpaired) electrons. The van der Waals surface area contributed by atoms with Crippen LogP contribution < -0.4 is 5.32 Å². The summed E-state index contributed by atoms with van der Waals surface area (Å²) in [6.07, 6.45) is 2.02. The molecule has 104 valence electrons. The summed E-state index contributed by atoms with van der Waals surface area (Å²) >= 11 is 0. The first-order chi connectivity index (χ1) is 8.92. The van der Waals surface area contributed by atoms with E-state index in [2.05, 4.69) is 11.4 Å². The highest BCUT2D eigenvalue weighted by Gasteiger charge is 2.21. The molecule has 0 aromatic heterocycles. The molecule has 1 fully saturated rings. The number of hydrogen-bond donors (Lipinski definition) is 1. The Bertz CT molecular complexity index is 447. The van der Waals surface area contributed by atoms with Crippen LogP contribution in [0.3, 0.4) is 0 Å². The monoisotopic (exact) mass is 263 g/mol. The Hall–Kier alpha value is -1.55. The van der Waals surface area contributed by atoms with Crippen molar-refractivity contribution in [2.45, 2.75) is 45.3 Å². The van der Waals surface area contributed by atoms with Crippen LogP contribution in [0.5, 0.6) is 0 Å². The van der Waals surface area contributed by atoms with Crippen molar-refractivity contribution in [2.75, 3.05) is 11.9 Å².